The predicted molar refractivity (Wildman–Crippen MR) is 80.9 cm³/mol. The lowest BCUT2D eigenvalue weighted by Gasteiger charge is -2.11. The van der Waals surface area contributed by atoms with Crippen molar-refractivity contribution in [2.75, 3.05) is 0 Å². The van der Waals surface area contributed by atoms with E-state index in [1.54, 1.807) is 24.3 Å². The van der Waals surface area contributed by atoms with Crippen molar-refractivity contribution in [3.63, 3.8) is 0 Å². The lowest BCUT2D eigenvalue weighted by atomic mass is 10.1. The Labute approximate surface area is 128 Å². The zero-order chi connectivity index (χ0) is 14.0. The van der Waals surface area contributed by atoms with Crippen molar-refractivity contribution >= 4 is 31.9 Å². The first-order valence-corrected chi connectivity index (χ1v) is 7.24. The molecule has 100 valence electrons. The molecular weight excluding hydrogens is 377 g/mol. The summed E-state index contributed by atoms with van der Waals surface area (Å²) in [6.07, 6.45) is 0. The van der Waals surface area contributed by atoms with Crippen LogP contribution in [0.3, 0.4) is 0 Å². The van der Waals surface area contributed by atoms with Gasteiger partial charge in [0.05, 0.1) is 0 Å². The molecule has 2 rings (SSSR count). The summed E-state index contributed by atoms with van der Waals surface area (Å²) < 4.78 is 20.7. The second-order valence-corrected chi connectivity index (χ2v) is 5.92. The Morgan fingerprint density at radius 1 is 1.16 bits per heavy atom. The van der Waals surface area contributed by atoms with Crippen molar-refractivity contribution in [2.24, 2.45) is 5.73 Å². The van der Waals surface area contributed by atoms with E-state index in [9.17, 15) is 4.39 Å². The van der Waals surface area contributed by atoms with Crippen LogP contribution in [-0.2, 0) is 0 Å². The average molecular weight is 389 g/mol. The van der Waals surface area contributed by atoms with Crippen LogP contribution in [0.5, 0.6) is 11.5 Å². The molecule has 5 heteroatoms. The van der Waals surface area contributed by atoms with Gasteiger partial charge in [0.1, 0.15) is 5.75 Å². The van der Waals surface area contributed by atoms with Gasteiger partial charge in [0.2, 0.25) is 0 Å². The number of halogens is 3. The summed E-state index contributed by atoms with van der Waals surface area (Å²) in [4.78, 5) is 0. The first kappa shape index (κ1) is 14.5. The monoisotopic (exact) mass is 387 g/mol. The second kappa shape index (κ2) is 6.03. The van der Waals surface area contributed by atoms with E-state index in [4.69, 9.17) is 10.5 Å². The minimum atomic E-state index is -0.415. The Kier molecular flexibility index (Phi) is 4.60. The Morgan fingerprint density at radius 2 is 1.89 bits per heavy atom. The molecule has 0 spiro atoms. The van der Waals surface area contributed by atoms with Crippen LogP contribution in [0.15, 0.2) is 45.3 Å². The molecule has 0 aliphatic heterocycles. The van der Waals surface area contributed by atoms with E-state index in [-0.39, 0.29) is 11.8 Å². The number of hydrogen-bond acceptors (Lipinski definition) is 2. The van der Waals surface area contributed by atoms with Crippen LogP contribution < -0.4 is 10.5 Å². The van der Waals surface area contributed by atoms with Crippen molar-refractivity contribution in [1.82, 2.24) is 0 Å². The molecule has 0 aliphatic carbocycles. The van der Waals surface area contributed by atoms with Gasteiger partial charge in [0.15, 0.2) is 11.6 Å². The molecule has 0 bridgehead atoms. The lowest BCUT2D eigenvalue weighted by Crippen LogP contribution is -2.05. The second-order valence-electron chi connectivity index (χ2n) is 4.15. The third-order valence-electron chi connectivity index (χ3n) is 2.58. The van der Waals surface area contributed by atoms with Gasteiger partial charge in [0.25, 0.3) is 0 Å². The normalized spacial score (nSPS) is 12.3. The smallest absolute Gasteiger partial charge is 0.166 e. The molecule has 1 atom stereocenters. The molecule has 19 heavy (non-hydrogen) atoms. The highest BCUT2D eigenvalue weighted by atomic mass is 79.9. The van der Waals surface area contributed by atoms with Gasteiger partial charge in [-0.2, -0.15) is 0 Å². The molecule has 0 heterocycles. The Balaban J connectivity index is 2.26. The van der Waals surface area contributed by atoms with E-state index in [2.05, 4.69) is 31.9 Å². The highest BCUT2D eigenvalue weighted by molar-refractivity contribution is 9.10. The quantitative estimate of drug-likeness (QED) is 0.787. The minimum Gasteiger partial charge on any atom is -0.454 e. The highest BCUT2D eigenvalue weighted by Crippen LogP contribution is 2.31. The summed E-state index contributed by atoms with van der Waals surface area (Å²) in [6, 6.07) is 10.00. The topological polar surface area (TPSA) is 35.2 Å². The average Bonchev–Trinajstić information content (AvgIpc) is 2.32. The summed E-state index contributed by atoms with van der Waals surface area (Å²) in [7, 11) is 0. The Bertz CT molecular complexity index is 602. The molecule has 0 amide bonds. The zero-order valence-corrected chi connectivity index (χ0v) is 13.3. The van der Waals surface area contributed by atoms with Crippen LogP contribution in [0, 0.1) is 5.82 Å². The van der Waals surface area contributed by atoms with E-state index in [0.29, 0.717) is 10.2 Å². The van der Waals surface area contributed by atoms with Crippen molar-refractivity contribution in [3.8, 4) is 11.5 Å². The van der Waals surface area contributed by atoms with E-state index >= 15 is 0 Å². The molecule has 2 aromatic rings. The van der Waals surface area contributed by atoms with Crippen LogP contribution in [0.25, 0.3) is 0 Å². The molecule has 0 unspecified atom stereocenters. The summed E-state index contributed by atoms with van der Waals surface area (Å²) in [5.74, 6) is 0.322. The highest BCUT2D eigenvalue weighted by Gasteiger charge is 2.09. The van der Waals surface area contributed by atoms with E-state index < -0.39 is 5.82 Å². The fourth-order valence-electron chi connectivity index (χ4n) is 1.63. The third kappa shape index (κ3) is 3.55. The first-order chi connectivity index (χ1) is 8.97. The molecule has 0 saturated carbocycles. The maximum Gasteiger partial charge on any atom is 0.166 e. The van der Waals surface area contributed by atoms with Gasteiger partial charge in [0, 0.05) is 15.0 Å². The molecule has 0 radical (unpaired) electrons. The molecule has 2 aromatic carbocycles. The predicted octanol–water partition coefficient (Wildman–Crippen LogP) is 5.16. The van der Waals surface area contributed by atoms with Crippen molar-refractivity contribution in [2.45, 2.75) is 13.0 Å². The van der Waals surface area contributed by atoms with Gasteiger partial charge in [-0.3, -0.25) is 0 Å². The Morgan fingerprint density at radius 3 is 2.47 bits per heavy atom. The Hall–Kier alpha value is -0.910. The number of ether oxygens (including phenoxy) is 1. The summed E-state index contributed by atoms with van der Waals surface area (Å²) in [6.45, 7) is 1.90. The van der Waals surface area contributed by atoms with Crippen LogP contribution in [0.2, 0.25) is 0 Å². The van der Waals surface area contributed by atoms with Gasteiger partial charge in [-0.25, -0.2) is 4.39 Å². The van der Waals surface area contributed by atoms with Crippen LogP contribution in [0.1, 0.15) is 18.5 Å². The number of nitrogens with two attached hydrogens (primary N) is 1. The largest absolute Gasteiger partial charge is 0.454 e. The lowest BCUT2D eigenvalue weighted by molar-refractivity contribution is 0.441. The standard InChI is InChI=1S/C14H12Br2FNO/c1-8(18)11-4-3-10(7-12(11)16)19-14-5-2-9(15)6-13(14)17/h2-8H,18H2,1H3/t8-/m1/s1. The van der Waals surface area contributed by atoms with Gasteiger partial charge in [-0.15, -0.1) is 0 Å². The van der Waals surface area contributed by atoms with Crippen LogP contribution in [-0.4, -0.2) is 0 Å². The van der Waals surface area contributed by atoms with Crippen LogP contribution >= 0.6 is 31.9 Å². The number of hydrogen-bond donors (Lipinski definition) is 1. The number of benzene rings is 2. The SMILES string of the molecule is C[C@@H](N)c1ccc(Oc2ccc(Br)cc2F)cc1Br. The fourth-order valence-corrected chi connectivity index (χ4v) is 2.68. The maximum atomic E-state index is 13.7. The van der Waals surface area contributed by atoms with E-state index in [1.165, 1.54) is 6.07 Å². The van der Waals surface area contributed by atoms with E-state index in [0.717, 1.165) is 10.0 Å². The molecule has 2 nitrogen and oxygen atoms in total. The summed E-state index contributed by atoms with van der Waals surface area (Å²) >= 11 is 6.63. The van der Waals surface area contributed by atoms with E-state index in [1.807, 2.05) is 13.0 Å². The van der Waals surface area contributed by atoms with Crippen molar-refractivity contribution < 1.29 is 9.13 Å². The molecule has 0 aliphatic rings. The zero-order valence-electron chi connectivity index (χ0n) is 10.2. The molecule has 0 saturated heterocycles. The molecule has 2 N–H and O–H groups in total. The van der Waals surface area contributed by atoms with Crippen LogP contribution in [0.4, 0.5) is 4.39 Å². The van der Waals surface area contributed by atoms with Gasteiger partial charge in [-0.1, -0.05) is 37.9 Å². The number of rotatable bonds is 3. The molecular formula is C14H12Br2FNO. The third-order valence-corrected chi connectivity index (χ3v) is 3.76. The minimum absolute atomic E-state index is 0.0761. The van der Waals surface area contributed by atoms with Crippen molar-refractivity contribution in [3.05, 3.63) is 56.7 Å². The molecule has 0 fully saturated rings. The summed E-state index contributed by atoms with van der Waals surface area (Å²) in [5.41, 5.74) is 6.80. The summed E-state index contributed by atoms with van der Waals surface area (Å²) in [5, 5.41) is 0. The van der Waals surface area contributed by atoms with Gasteiger partial charge < -0.3 is 10.5 Å². The van der Waals surface area contributed by atoms with Gasteiger partial charge >= 0.3 is 0 Å². The fraction of sp³-hybridized carbons (Fsp3) is 0.143. The first-order valence-electron chi connectivity index (χ1n) is 5.65. The van der Waals surface area contributed by atoms with Gasteiger partial charge in [-0.05, 0) is 42.8 Å². The molecule has 0 aromatic heterocycles. The van der Waals surface area contributed by atoms with Crippen molar-refractivity contribution in [1.29, 1.82) is 0 Å². The maximum absolute atomic E-state index is 13.7.